The van der Waals surface area contributed by atoms with E-state index >= 15 is 0 Å². The maximum Gasteiger partial charge on any atom is 0.142 e. The fraction of sp³-hybridized carbons (Fsp3) is 0.429. The highest BCUT2D eigenvalue weighted by atomic mass is 16.5. The first-order valence-electron chi connectivity index (χ1n) is 6.98. The van der Waals surface area contributed by atoms with Crippen LogP contribution in [0.15, 0.2) is 24.4 Å². The van der Waals surface area contributed by atoms with Crippen molar-refractivity contribution in [3.05, 3.63) is 35.8 Å². The van der Waals surface area contributed by atoms with Gasteiger partial charge in [0.25, 0.3) is 0 Å². The van der Waals surface area contributed by atoms with Crippen LogP contribution in [0.3, 0.4) is 0 Å². The summed E-state index contributed by atoms with van der Waals surface area (Å²) in [5, 5.41) is 17.1. The van der Waals surface area contributed by atoms with Gasteiger partial charge in [0.15, 0.2) is 0 Å². The minimum atomic E-state index is 0.151. The van der Waals surface area contributed by atoms with Gasteiger partial charge in [-0.1, -0.05) is 11.3 Å². The Labute approximate surface area is 121 Å². The fourth-order valence-electron chi connectivity index (χ4n) is 3.05. The Kier molecular flexibility index (Phi) is 2.82. The molecule has 0 aromatic carbocycles. The van der Waals surface area contributed by atoms with Crippen LogP contribution in [0.25, 0.3) is 0 Å². The molecule has 0 spiro atoms. The van der Waals surface area contributed by atoms with Crippen LogP contribution in [0.4, 0.5) is 5.82 Å². The van der Waals surface area contributed by atoms with Gasteiger partial charge in [0.05, 0.1) is 30.6 Å². The molecule has 7 nitrogen and oxygen atoms in total. The Morgan fingerprint density at radius 1 is 1.38 bits per heavy atom. The molecular formula is C14H14N6O. The van der Waals surface area contributed by atoms with Gasteiger partial charge in [-0.15, -0.1) is 5.10 Å². The van der Waals surface area contributed by atoms with Gasteiger partial charge in [0.1, 0.15) is 17.6 Å². The van der Waals surface area contributed by atoms with Gasteiger partial charge in [-0.05, 0) is 18.6 Å². The zero-order valence-corrected chi connectivity index (χ0v) is 11.4. The van der Waals surface area contributed by atoms with E-state index in [0.717, 1.165) is 31.0 Å². The predicted octanol–water partition coefficient (Wildman–Crippen LogP) is 0.895. The number of fused-ring (bicyclic) bond motifs is 3. The highest BCUT2D eigenvalue weighted by Crippen LogP contribution is 2.31. The summed E-state index contributed by atoms with van der Waals surface area (Å²) in [7, 11) is 0. The summed E-state index contributed by atoms with van der Waals surface area (Å²) in [5.74, 6) is 0.833. The van der Waals surface area contributed by atoms with Crippen molar-refractivity contribution in [1.29, 1.82) is 5.26 Å². The number of nitrogens with zero attached hydrogens (tertiary/aromatic N) is 6. The molecule has 0 bridgehead atoms. The molecule has 4 rings (SSSR count). The Hall–Kier alpha value is -2.46. The number of hydrogen-bond donors (Lipinski definition) is 0. The topological polar surface area (TPSA) is 79.9 Å². The highest BCUT2D eigenvalue weighted by Gasteiger charge is 2.36. The molecule has 1 fully saturated rings. The summed E-state index contributed by atoms with van der Waals surface area (Å²) in [5.41, 5.74) is 1.45. The summed E-state index contributed by atoms with van der Waals surface area (Å²) >= 11 is 0. The lowest BCUT2D eigenvalue weighted by molar-refractivity contribution is -0.0373. The largest absolute Gasteiger partial charge is 0.370 e. The molecule has 1 saturated heterocycles. The van der Waals surface area contributed by atoms with Crippen LogP contribution in [0.2, 0.25) is 0 Å². The number of pyridine rings is 1. The van der Waals surface area contributed by atoms with E-state index < -0.39 is 0 Å². The predicted molar refractivity (Wildman–Crippen MR) is 73.4 cm³/mol. The van der Waals surface area contributed by atoms with Crippen LogP contribution in [0.1, 0.15) is 23.9 Å². The Bertz CT molecular complexity index is 705. The molecule has 0 amide bonds. The zero-order chi connectivity index (χ0) is 14.2. The normalized spacial score (nSPS) is 24.0. The number of aromatic nitrogens is 4. The molecule has 7 heteroatoms. The summed E-state index contributed by atoms with van der Waals surface area (Å²) in [6, 6.07) is 7.76. The van der Waals surface area contributed by atoms with Gasteiger partial charge in [-0.2, -0.15) is 5.26 Å². The Balaban J connectivity index is 1.62. The lowest BCUT2D eigenvalue weighted by atomic mass is 10.0. The number of ether oxygens (including phenoxy) is 1. The third-order valence-electron chi connectivity index (χ3n) is 4.10. The third-order valence-corrected chi connectivity index (χ3v) is 4.10. The van der Waals surface area contributed by atoms with Gasteiger partial charge >= 0.3 is 0 Å². The average Bonchev–Trinajstić information content (AvgIpc) is 3.03. The average molecular weight is 282 g/mol. The third kappa shape index (κ3) is 2.04. The van der Waals surface area contributed by atoms with Crippen LogP contribution in [-0.4, -0.2) is 39.2 Å². The van der Waals surface area contributed by atoms with Gasteiger partial charge < -0.3 is 9.64 Å². The molecule has 21 heavy (non-hydrogen) atoms. The second kappa shape index (κ2) is 4.82. The molecule has 4 heterocycles. The Morgan fingerprint density at radius 3 is 3.24 bits per heavy atom. The van der Waals surface area contributed by atoms with Crippen LogP contribution in [0, 0.1) is 11.3 Å². The van der Waals surface area contributed by atoms with E-state index in [4.69, 9.17) is 10.00 Å². The van der Waals surface area contributed by atoms with Crippen molar-refractivity contribution >= 4 is 5.82 Å². The number of nitriles is 1. The summed E-state index contributed by atoms with van der Waals surface area (Å²) in [4.78, 5) is 6.56. The summed E-state index contributed by atoms with van der Waals surface area (Å²) < 4.78 is 7.86. The maximum absolute atomic E-state index is 8.98. The second-order valence-electron chi connectivity index (χ2n) is 5.31. The number of anilines is 1. The molecule has 0 aliphatic carbocycles. The number of rotatable bonds is 1. The van der Waals surface area contributed by atoms with Gasteiger partial charge in [-0.3, -0.25) is 0 Å². The molecule has 2 atom stereocenters. The van der Waals surface area contributed by atoms with Crippen molar-refractivity contribution in [2.75, 3.05) is 18.0 Å². The molecule has 2 aliphatic rings. The van der Waals surface area contributed by atoms with Crippen molar-refractivity contribution in [1.82, 2.24) is 20.0 Å². The van der Waals surface area contributed by atoms with E-state index in [-0.39, 0.29) is 12.1 Å². The first-order chi connectivity index (χ1) is 10.3. The standard InChI is InChI=1S/C14H14N6O/c15-6-10-2-1-3-14(17-10)19-5-4-13-12(8-19)20-11(9-21-13)7-16-18-20/h1-3,7,12-13H,4-5,8-9H2/t12-,13-/m1/s1. The van der Waals surface area contributed by atoms with Crippen LogP contribution in [-0.2, 0) is 11.3 Å². The minimum absolute atomic E-state index is 0.151. The second-order valence-corrected chi connectivity index (χ2v) is 5.31. The van der Waals surface area contributed by atoms with Crippen LogP contribution in [0.5, 0.6) is 0 Å². The quantitative estimate of drug-likeness (QED) is 0.773. The van der Waals surface area contributed by atoms with Crippen LogP contribution >= 0.6 is 0 Å². The van der Waals surface area contributed by atoms with E-state index in [2.05, 4.69) is 26.3 Å². The monoisotopic (exact) mass is 282 g/mol. The summed E-state index contributed by atoms with van der Waals surface area (Å²) in [6.45, 7) is 2.21. The fourth-order valence-corrected chi connectivity index (χ4v) is 3.05. The van der Waals surface area contributed by atoms with Crippen molar-refractivity contribution < 1.29 is 4.74 Å². The highest BCUT2D eigenvalue weighted by molar-refractivity contribution is 5.42. The molecular weight excluding hydrogens is 268 g/mol. The smallest absolute Gasteiger partial charge is 0.142 e. The van der Waals surface area contributed by atoms with Crippen molar-refractivity contribution in [3.8, 4) is 6.07 Å². The molecule has 106 valence electrons. The molecule has 0 radical (unpaired) electrons. The lowest BCUT2D eigenvalue weighted by Crippen LogP contribution is -2.48. The van der Waals surface area contributed by atoms with Crippen molar-refractivity contribution in [3.63, 3.8) is 0 Å². The first kappa shape index (κ1) is 12.3. The lowest BCUT2D eigenvalue weighted by Gasteiger charge is -2.41. The SMILES string of the molecule is N#Cc1cccc(N2CC[C@H]3OCc4cnnn4[C@@H]3C2)n1. The van der Waals surface area contributed by atoms with Crippen LogP contribution < -0.4 is 4.90 Å². The van der Waals surface area contributed by atoms with E-state index in [0.29, 0.717) is 12.3 Å². The molecule has 0 saturated carbocycles. The van der Waals surface area contributed by atoms with Crippen molar-refractivity contribution in [2.45, 2.75) is 25.2 Å². The molecule has 2 aromatic heterocycles. The molecule has 2 aliphatic heterocycles. The Morgan fingerprint density at radius 2 is 2.33 bits per heavy atom. The van der Waals surface area contributed by atoms with E-state index in [1.165, 1.54) is 0 Å². The first-order valence-corrected chi connectivity index (χ1v) is 6.98. The van der Waals surface area contributed by atoms with E-state index in [9.17, 15) is 0 Å². The van der Waals surface area contributed by atoms with E-state index in [1.807, 2.05) is 16.8 Å². The van der Waals surface area contributed by atoms with Gasteiger partial charge in [0.2, 0.25) is 0 Å². The molecule has 2 aromatic rings. The maximum atomic E-state index is 8.98. The number of piperidine rings is 1. The summed E-state index contributed by atoms with van der Waals surface area (Å²) in [6.07, 6.45) is 2.85. The zero-order valence-electron chi connectivity index (χ0n) is 11.4. The minimum Gasteiger partial charge on any atom is -0.370 e. The van der Waals surface area contributed by atoms with Crippen molar-refractivity contribution in [2.24, 2.45) is 0 Å². The van der Waals surface area contributed by atoms with Gasteiger partial charge in [0, 0.05) is 13.1 Å². The molecule has 0 N–H and O–H groups in total. The molecule has 0 unspecified atom stereocenters. The number of hydrogen-bond acceptors (Lipinski definition) is 6. The van der Waals surface area contributed by atoms with Gasteiger partial charge in [-0.25, -0.2) is 9.67 Å². The van der Waals surface area contributed by atoms with E-state index in [1.54, 1.807) is 12.3 Å².